The first-order valence-electron chi connectivity index (χ1n) is 11.8. The second-order valence-corrected chi connectivity index (χ2v) is 10.5. The Labute approximate surface area is 205 Å². The van der Waals surface area contributed by atoms with Gasteiger partial charge in [-0.1, -0.05) is 39.6 Å². The van der Waals surface area contributed by atoms with Crippen LogP contribution in [-0.2, 0) is 5.54 Å². The molecule has 0 spiro atoms. The van der Waals surface area contributed by atoms with Gasteiger partial charge in [-0.25, -0.2) is 9.37 Å². The smallest absolute Gasteiger partial charge is 0.378 e. The van der Waals surface area contributed by atoms with E-state index in [0.29, 0.717) is 11.1 Å². The Bertz CT molecular complexity index is 893. The minimum absolute atomic E-state index is 0.0999. The molecule has 1 heterocycles. The van der Waals surface area contributed by atoms with Crippen LogP contribution in [0.5, 0.6) is 0 Å². The van der Waals surface area contributed by atoms with Gasteiger partial charge in [-0.15, -0.1) is 0 Å². The topological polar surface area (TPSA) is 45.2 Å². The molecule has 34 heavy (non-hydrogen) atoms. The number of aliphatic hydroxyl groups excluding tert-OH is 1. The van der Waals surface area contributed by atoms with Gasteiger partial charge in [0.15, 0.2) is 6.10 Å². The third kappa shape index (κ3) is 8.24. The van der Waals surface area contributed by atoms with E-state index in [0.717, 1.165) is 12.8 Å². The molecule has 1 aromatic carbocycles. The van der Waals surface area contributed by atoms with Crippen molar-refractivity contribution in [2.45, 2.75) is 90.8 Å². The molecule has 0 saturated heterocycles. The summed E-state index contributed by atoms with van der Waals surface area (Å²) in [4.78, 5) is 4.07. The van der Waals surface area contributed by atoms with Crippen LogP contribution in [0.3, 0.4) is 0 Å². The van der Waals surface area contributed by atoms with Gasteiger partial charge in [-0.2, -0.15) is 13.2 Å². The van der Waals surface area contributed by atoms with E-state index in [4.69, 9.17) is 0 Å². The number of rotatable bonds is 6. The third-order valence-electron chi connectivity index (χ3n) is 5.14. The molecule has 2 unspecified atom stereocenters. The Kier molecular flexibility index (Phi) is 11.0. The van der Waals surface area contributed by atoms with Crippen molar-refractivity contribution in [2.24, 2.45) is 5.92 Å². The number of aliphatic hydroxyl groups is 1. The van der Waals surface area contributed by atoms with Gasteiger partial charge in [0, 0.05) is 10.3 Å². The summed E-state index contributed by atoms with van der Waals surface area (Å²) in [5.74, 6) is -0.191. The van der Waals surface area contributed by atoms with E-state index < -0.39 is 29.3 Å². The Morgan fingerprint density at radius 2 is 1.50 bits per heavy atom. The van der Waals surface area contributed by atoms with Crippen molar-refractivity contribution in [2.75, 3.05) is 0 Å². The van der Waals surface area contributed by atoms with Gasteiger partial charge in [0.1, 0.15) is 5.82 Å². The number of benzene rings is 1. The summed E-state index contributed by atoms with van der Waals surface area (Å²) in [6.07, 6.45) is -5.62. The van der Waals surface area contributed by atoms with E-state index in [2.05, 4.69) is 9.71 Å². The number of pyridine rings is 1. The number of halogens is 4. The Morgan fingerprint density at radius 3 is 1.94 bits per heavy atom. The molecule has 192 valence electrons. The Morgan fingerprint density at radius 1 is 0.971 bits per heavy atom. The van der Waals surface area contributed by atoms with E-state index in [1.54, 1.807) is 6.07 Å². The molecular formula is C26H38F4N2OS. The molecule has 1 fully saturated rings. The molecule has 3 rings (SSSR count). The van der Waals surface area contributed by atoms with Crippen molar-refractivity contribution in [1.82, 2.24) is 9.71 Å². The molecule has 1 saturated carbocycles. The van der Waals surface area contributed by atoms with Crippen LogP contribution in [-0.4, -0.2) is 21.0 Å². The van der Waals surface area contributed by atoms with Crippen LogP contribution in [0, 0.1) is 11.7 Å². The molecule has 0 aliphatic heterocycles. The maximum absolute atomic E-state index is 13.3. The first-order valence-corrected chi connectivity index (χ1v) is 12.6. The average Bonchev–Trinajstić information content (AvgIpc) is 3.65. The second kappa shape index (κ2) is 12.4. The number of hydrogen-bond donors (Lipinski definition) is 2. The molecule has 1 aliphatic carbocycles. The van der Waals surface area contributed by atoms with Crippen LogP contribution in [0.15, 0.2) is 36.4 Å². The fourth-order valence-corrected chi connectivity index (χ4v) is 4.03. The Hall–Kier alpha value is -1.64. The van der Waals surface area contributed by atoms with E-state index in [1.165, 1.54) is 42.3 Å². The predicted molar refractivity (Wildman–Crippen MR) is 134 cm³/mol. The average molecular weight is 503 g/mol. The van der Waals surface area contributed by atoms with Crippen molar-refractivity contribution < 1.29 is 22.7 Å². The molecule has 8 heteroatoms. The predicted octanol–water partition coefficient (Wildman–Crippen LogP) is 8.20. The van der Waals surface area contributed by atoms with Crippen LogP contribution in [0.4, 0.5) is 17.6 Å². The molecule has 2 N–H and O–H groups in total. The maximum Gasteiger partial charge on any atom is 0.420 e. The zero-order chi connectivity index (χ0) is 26.3. The zero-order valence-corrected chi connectivity index (χ0v) is 22.2. The summed E-state index contributed by atoms with van der Waals surface area (Å²) in [6.45, 7) is 16.1. The van der Waals surface area contributed by atoms with Crippen molar-refractivity contribution >= 4 is 11.9 Å². The van der Waals surface area contributed by atoms with Crippen LogP contribution >= 0.6 is 11.9 Å². The van der Waals surface area contributed by atoms with Crippen molar-refractivity contribution in [3.63, 3.8) is 0 Å². The van der Waals surface area contributed by atoms with Gasteiger partial charge in [-0.05, 0) is 88.4 Å². The normalized spacial score (nSPS) is 16.4. The largest absolute Gasteiger partial charge is 0.420 e. The summed E-state index contributed by atoms with van der Waals surface area (Å²) in [7, 11) is 0. The minimum Gasteiger partial charge on any atom is -0.378 e. The molecule has 2 aromatic rings. The molecule has 0 radical (unpaired) electrons. The minimum atomic E-state index is -4.84. The molecule has 1 aromatic heterocycles. The number of nitrogens with zero attached hydrogens (tertiary/aromatic N) is 1. The van der Waals surface area contributed by atoms with Gasteiger partial charge in [0.2, 0.25) is 0 Å². The lowest BCUT2D eigenvalue weighted by molar-refractivity contribution is -0.207. The highest BCUT2D eigenvalue weighted by molar-refractivity contribution is 7.98. The standard InChI is InChI=1S/C22H26F4N2OS.2C2H6/c1-20(2,3)30-28-21(4,14-7-8-14)15-11-17(13-5-9-16(23)10-6-13)27-18(12-15)19(29)22(24,25)26;2*1-2/h5-6,9-12,14,19,28-29H,7-8H2,1-4H3;2*1-2H3. The first kappa shape index (κ1) is 30.4. The molecule has 0 bridgehead atoms. The van der Waals surface area contributed by atoms with E-state index in [-0.39, 0.29) is 16.4 Å². The monoisotopic (exact) mass is 502 g/mol. The second-order valence-electron chi connectivity index (χ2n) is 8.91. The third-order valence-corrected chi connectivity index (χ3v) is 6.28. The van der Waals surface area contributed by atoms with Gasteiger partial charge in [0.05, 0.1) is 16.9 Å². The number of alkyl halides is 3. The molecular weight excluding hydrogens is 464 g/mol. The number of hydrogen-bond acceptors (Lipinski definition) is 4. The van der Waals surface area contributed by atoms with Gasteiger partial charge < -0.3 is 5.11 Å². The Balaban J connectivity index is 0.00000137. The van der Waals surface area contributed by atoms with Crippen molar-refractivity contribution in [1.29, 1.82) is 0 Å². The van der Waals surface area contributed by atoms with Crippen molar-refractivity contribution in [3.8, 4) is 11.3 Å². The van der Waals surface area contributed by atoms with Crippen LogP contribution in [0.2, 0.25) is 0 Å². The van der Waals surface area contributed by atoms with Gasteiger partial charge in [-0.3, -0.25) is 4.72 Å². The fourth-order valence-electron chi connectivity index (χ4n) is 3.23. The lowest BCUT2D eigenvalue weighted by atomic mass is 9.86. The highest BCUT2D eigenvalue weighted by atomic mass is 32.2. The summed E-state index contributed by atoms with van der Waals surface area (Å²) in [5, 5.41) is 9.90. The quantitative estimate of drug-likeness (QED) is 0.309. The summed E-state index contributed by atoms with van der Waals surface area (Å²) >= 11 is 1.52. The lowest BCUT2D eigenvalue weighted by Gasteiger charge is -2.35. The van der Waals surface area contributed by atoms with Crippen LogP contribution in [0.25, 0.3) is 11.3 Å². The van der Waals surface area contributed by atoms with E-state index >= 15 is 0 Å². The van der Waals surface area contributed by atoms with Crippen LogP contribution < -0.4 is 4.72 Å². The summed E-state index contributed by atoms with van der Waals surface area (Å²) in [6, 6.07) is 8.47. The lowest BCUT2D eigenvalue weighted by Crippen LogP contribution is -2.40. The summed E-state index contributed by atoms with van der Waals surface area (Å²) in [5.41, 5.74) is 0.300. The fraction of sp³-hybridized carbons (Fsp3) is 0.577. The van der Waals surface area contributed by atoms with E-state index in [1.807, 2.05) is 55.4 Å². The SMILES string of the molecule is CC.CC.CC(C)(C)SNC(C)(c1cc(-c2ccc(F)cc2)nc(C(O)C(F)(F)F)c1)C1CC1. The molecule has 3 nitrogen and oxygen atoms in total. The van der Waals surface area contributed by atoms with Crippen LogP contribution in [0.1, 0.15) is 85.6 Å². The highest BCUT2D eigenvalue weighted by Gasteiger charge is 2.45. The molecule has 2 atom stereocenters. The number of aromatic nitrogens is 1. The maximum atomic E-state index is 13.3. The molecule has 0 amide bonds. The summed E-state index contributed by atoms with van der Waals surface area (Å²) < 4.78 is 56.5. The van der Waals surface area contributed by atoms with Gasteiger partial charge >= 0.3 is 6.18 Å². The number of nitrogens with one attached hydrogen (secondary N) is 1. The van der Waals surface area contributed by atoms with Crippen molar-refractivity contribution in [3.05, 3.63) is 53.5 Å². The first-order chi connectivity index (χ1) is 15.8. The van der Waals surface area contributed by atoms with Gasteiger partial charge in [0.25, 0.3) is 0 Å². The van der Waals surface area contributed by atoms with E-state index in [9.17, 15) is 22.7 Å². The highest BCUT2D eigenvalue weighted by Crippen LogP contribution is 2.48. The molecule has 1 aliphatic rings. The zero-order valence-electron chi connectivity index (χ0n) is 21.3.